The Bertz CT molecular complexity index is 224. The van der Waals surface area contributed by atoms with Gasteiger partial charge in [-0.25, -0.2) is 0 Å². The van der Waals surface area contributed by atoms with Crippen LogP contribution in [-0.2, 0) is 9.59 Å². The van der Waals surface area contributed by atoms with Gasteiger partial charge in [-0.1, -0.05) is 13.3 Å². The Morgan fingerprint density at radius 1 is 1.41 bits per heavy atom. The maximum absolute atomic E-state index is 10.3. The number of hydrogen-bond donors (Lipinski definition) is 4. The Morgan fingerprint density at radius 2 is 1.94 bits per heavy atom. The highest BCUT2D eigenvalue weighted by atomic mass is 32.1. The van der Waals surface area contributed by atoms with Crippen LogP contribution in [0.3, 0.4) is 0 Å². The quantitative estimate of drug-likeness (QED) is 0.538. The molecule has 102 valence electrons. The van der Waals surface area contributed by atoms with Crippen LogP contribution in [0.1, 0.15) is 33.6 Å². The zero-order valence-electron chi connectivity index (χ0n) is 10.6. The number of thiol groups is 1. The lowest BCUT2D eigenvalue weighted by molar-refractivity contribution is -0.144. The molecule has 0 aromatic carbocycles. The molecule has 0 rings (SSSR count). The molecule has 1 amide bonds. The van der Waals surface area contributed by atoms with Crippen molar-refractivity contribution in [1.29, 1.82) is 0 Å². The lowest BCUT2D eigenvalue weighted by Crippen LogP contribution is -2.24. The summed E-state index contributed by atoms with van der Waals surface area (Å²) in [4.78, 5) is 20.3. The van der Waals surface area contributed by atoms with Crippen molar-refractivity contribution >= 4 is 24.5 Å². The van der Waals surface area contributed by atoms with Crippen LogP contribution in [0.25, 0.3) is 0 Å². The summed E-state index contributed by atoms with van der Waals surface area (Å²) in [6.07, 6.45) is 0.689. The number of carbonyl (C=O) groups excluding carboxylic acids is 1. The highest BCUT2D eigenvalue weighted by molar-refractivity contribution is 7.80. The Labute approximate surface area is 108 Å². The molecule has 0 radical (unpaired) electrons. The molecule has 0 heterocycles. The molecule has 0 aromatic rings. The average molecular weight is 265 g/mol. The topological polar surface area (TPSA) is 86.6 Å². The first kappa shape index (κ1) is 18.6. The summed E-state index contributed by atoms with van der Waals surface area (Å²) < 4.78 is 0. The van der Waals surface area contributed by atoms with E-state index in [9.17, 15) is 9.59 Å². The minimum absolute atomic E-state index is 0.00838. The van der Waals surface area contributed by atoms with Crippen LogP contribution in [0, 0.1) is 5.92 Å². The zero-order valence-corrected chi connectivity index (χ0v) is 11.5. The van der Waals surface area contributed by atoms with E-state index in [2.05, 4.69) is 17.9 Å². The van der Waals surface area contributed by atoms with E-state index in [1.165, 1.54) is 13.8 Å². The van der Waals surface area contributed by atoms with E-state index in [1.54, 1.807) is 0 Å². The normalized spacial score (nSPS) is 13.0. The van der Waals surface area contributed by atoms with Crippen molar-refractivity contribution in [2.75, 3.05) is 12.3 Å². The number of aliphatic carboxylic acids is 1. The first-order valence-electron chi connectivity index (χ1n) is 5.62. The molecule has 3 N–H and O–H groups in total. The number of amides is 1. The standard InChI is InChI=1S/C7H14O3.C4H9NOS/c1-3-4-6(8)5(2)7(9)10;1-4(6)5-2-3-7/h5-6,8H,3-4H2,1-2H3,(H,9,10);7H,2-3H2,1H3,(H,5,6). The molecular formula is C11H23NO4S. The van der Waals surface area contributed by atoms with E-state index in [1.807, 2.05) is 6.92 Å². The highest BCUT2D eigenvalue weighted by Crippen LogP contribution is 2.08. The van der Waals surface area contributed by atoms with Gasteiger partial charge in [0.15, 0.2) is 0 Å². The van der Waals surface area contributed by atoms with Crippen molar-refractivity contribution < 1.29 is 19.8 Å². The zero-order chi connectivity index (χ0) is 13.8. The third kappa shape index (κ3) is 13.2. The van der Waals surface area contributed by atoms with Gasteiger partial charge in [-0.05, 0) is 13.3 Å². The number of carboxylic acids is 1. The maximum Gasteiger partial charge on any atom is 0.308 e. The Morgan fingerprint density at radius 3 is 2.18 bits per heavy atom. The summed E-state index contributed by atoms with van der Waals surface area (Å²) in [6.45, 7) is 5.59. The van der Waals surface area contributed by atoms with Crippen molar-refractivity contribution in [3.63, 3.8) is 0 Å². The monoisotopic (exact) mass is 265 g/mol. The van der Waals surface area contributed by atoms with Crippen molar-refractivity contribution in [2.24, 2.45) is 5.92 Å². The van der Waals surface area contributed by atoms with E-state index >= 15 is 0 Å². The minimum atomic E-state index is -0.930. The summed E-state index contributed by atoms with van der Waals surface area (Å²) in [5.74, 6) is -0.852. The van der Waals surface area contributed by atoms with Crippen LogP contribution in [0.4, 0.5) is 0 Å². The molecule has 0 spiro atoms. The highest BCUT2D eigenvalue weighted by Gasteiger charge is 2.19. The van der Waals surface area contributed by atoms with Crippen molar-refractivity contribution in [2.45, 2.75) is 39.7 Å². The molecular weight excluding hydrogens is 242 g/mol. The molecule has 0 aromatic heterocycles. The van der Waals surface area contributed by atoms with Crippen molar-refractivity contribution in [1.82, 2.24) is 5.32 Å². The predicted octanol–water partition coefficient (Wildman–Crippen LogP) is 0.920. The lowest BCUT2D eigenvalue weighted by Gasteiger charge is -2.12. The van der Waals surface area contributed by atoms with Crippen LogP contribution in [-0.4, -0.2) is 40.5 Å². The van der Waals surface area contributed by atoms with Gasteiger partial charge in [0.1, 0.15) is 0 Å². The largest absolute Gasteiger partial charge is 0.481 e. The first-order valence-corrected chi connectivity index (χ1v) is 6.26. The summed E-state index contributed by atoms with van der Waals surface area (Å²) in [5, 5.41) is 20.1. The van der Waals surface area contributed by atoms with Crippen LogP contribution >= 0.6 is 12.6 Å². The minimum Gasteiger partial charge on any atom is -0.481 e. The van der Waals surface area contributed by atoms with Gasteiger partial charge in [-0.3, -0.25) is 9.59 Å². The van der Waals surface area contributed by atoms with Crippen LogP contribution in [0.5, 0.6) is 0 Å². The average Bonchev–Trinajstić information content (AvgIpc) is 2.26. The number of aliphatic hydroxyl groups excluding tert-OH is 1. The molecule has 0 saturated carbocycles. The Hall–Kier alpha value is -0.750. The number of aliphatic hydroxyl groups is 1. The second kappa shape index (κ2) is 11.7. The molecule has 0 aliphatic rings. The second-order valence-corrected chi connectivity index (χ2v) is 4.14. The SMILES string of the molecule is CC(=O)NCCS.CCCC(O)C(C)C(=O)O. The van der Waals surface area contributed by atoms with E-state index in [0.29, 0.717) is 18.7 Å². The predicted molar refractivity (Wildman–Crippen MR) is 70.3 cm³/mol. The third-order valence-corrected chi connectivity index (χ3v) is 2.26. The van der Waals surface area contributed by atoms with E-state index in [-0.39, 0.29) is 5.91 Å². The van der Waals surface area contributed by atoms with Gasteiger partial charge >= 0.3 is 5.97 Å². The molecule has 0 saturated heterocycles. The van der Waals surface area contributed by atoms with Crippen LogP contribution < -0.4 is 5.32 Å². The summed E-state index contributed by atoms with van der Waals surface area (Å²) in [6, 6.07) is 0. The first-order chi connectivity index (χ1) is 7.86. The smallest absolute Gasteiger partial charge is 0.308 e. The van der Waals surface area contributed by atoms with Crippen molar-refractivity contribution in [3.8, 4) is 0 Å². The Kier molecular flexibility index (Phi) is 12.8. The Balaban J connectivity index is 0. The van der Waals surface area contributed by atoms with E-state index in [0.717, 1.165) is 6.42 Å². The fraction of sp³-hybridized carbons (Fsp3) is 0.818. The third-order valence-electron chi connectivity index (χ3n) is 2.04. The maximum atomic E-state index is 10.3. The summed E-state index contributed by atoms with van der Waals surface area (Å²) in [5.41, 5.74) is 0. The molecule has 2 unspecified atom stereocenters. The second-order valence-electron chi connectivity index (χ2n) is 3.69. The number of hydrogen-bond acceptors (Lipinski definition) is 4. The van der Waals surface area contributed by atoms with Gasteiger partial charge in [0.05, 0.1) is 12.0 Å². The van der Waals surface area contributed by atoms with E-state index < -0.39 is 18.0 Å². The molecule has 17 heavy (non-hydrogen) atoms. The molecule has 2 atom stereocenters. The van der Waals surface area contributed by atoms with Gasteiger partial charge in [0.2, 0.25) is 5.91 Å². The molecule has 0 aliphatic carbocycles. The van der Waals surface area contributed by atoms with Crippen LogP contribution in [0.15, 0.2) is 0 Å². The van der Waals surface area contributed by atoms with Gasteiger partial charge in [-0.2, -0.15) is 12.6 Å². The number of rotatable bonds is 6. The molecule has 5 nitrogen and oxygen atoms in total. The molecule has 0 bridgehead atoms. The number of nitrogens with one attached hydrogen (secondary N) is 1. The summed E-state index contributed by atoms with van der Waals surface area (Å²) >= 11 is 3.88. The van der Waals surface area contributed by atoms with Gasteiger partial charge in [0.25, 0.3) is 0 Å². The molecule has 0 fully saturated rings. The fourth-order valence-electron chi connectivity index (χ4n) is 0.942. The number of carbonyl (C=O) groups is 2. The van der Waals surface area contributed by atoms with Crippen LogP contribution in [0.2, 0.25) is 0 Å². The fourth-order valence-corrected chi connectivity index (χ4v) is 1.05. The van der Waals surface area contributed by atoms with Gasteiger partial charge in [0, 0.05) is 19.2 Å². The molecule has 6 heteroatoms. The van der Waals surface area contributed by atoms with Crippen molar-refractivity contribution in [3.05, 3.63) is 0 Å². The van der Waals surface area contributed by atoms with Gasteiger partial charge in [-0.15, -0.1) is 0 Å². The molecule has 0 aliphatic heterocycles. The number of carboxylic acid groups (broad SMARTS) is 1. The summed E-state index contributed by atoms with van der Waals surface area (Å²) in [7, 11) is 0. The lowest BCUT2D eigenvalue weighted by atomic mass is 10.0. The van der Waals surface area contributed by atoms with Gasteiger partial charge < -0.3 is 15.5 Å². The van der Waals surface area contributed by atoms with E-state index in [4.69, 9.17) is 10.2 Å².